The summed E-state index contributed by atoms with van der Waals surface area (Å²) in [4.78, 5) is 0.428. The number of hydrogen-bond acceptors (Lipinski definition) is 2. The predicted octanol–water partition coefficient (Wildman–Crippen LogP) is 3.18. The minimum atomic E-state index is 0.172. The second-order valence-electron chi connectivity index (χ2n) is 4.11. The van der Waals surface area contributed by atoms with Gasteiger partial charge in [0, 0.05) is 18.4 Å². The van der Waals surface area contributed by atoms with Crippen molar-refractivity contribution in [2.75, 3.05) is 7.11 Å². The molecule has 2 nitrogen and oxygen atoms in total. The first-order valence-electron chi connectivity index (χ1n) is 5.67. The average molecular weight is 285 g/mol. The fourth-order valence-electron chi connectivity index (χ4n) is 1.96. The van der Waals surface area contributed by atoms with Crippen molar-refractivity contribution in [2.45, 2.75) is 36.8 Å². The molecule has 0 N–H and O–H groups in total. The van der Waals surface area contributed by atoms with Gasteiger partial charge in [-0.1, -0.05) is 35.0 Å². The summed E-state index contributed by atoms with van der Waals surface area (Å²) in [6.45, 7) is 2.15. The highest BCUT2D eigenvalue weighted by Gasteiger charge is 2.41. The van der Waals surface area contributed by atoms with E-state index in [-0.39, 0.29) is 12.2 Å². The zero-order chi connectivity index (χ0) is 11.5. The third-order valence-corrected chi connectivity index (χ3v) is 3.94. The van der Waals surface area contributed by atoms with E-state index in [1.165, 1.54) is 5.56 Å². The van der Waals surface area contributed by atoms with Crippen LogP contribution in [0.4, 0.5) is 0 Å². The highest BCUT2D eigenvalue weighted by atomic mass is 79.9. The van der Waals surface area contributed by atoms with Crippen LogP contribution in [0, 0.1) is 0 Å². The molecular formula is C13H17BrO2. The van der Waals surface area contributed by atoms with Crippen molar-refractivity contribution in [3.05, 3.63) is 29.8 Å². The minimum absolute atomic E-state index is 0.172. The van der Waals surface area contributed by atoms with Crippen LogP contribution in [-0.2, 0) is 11.2 Å². The normalized spacial score (nSPS) is 28.6. The Morgan fingerprint density at radius 2 is 2.25 bits per heavy atom. The van der Waals surface area contributed by atoms with E-state index >= 15 is 0 Å². The summed E-state index contributed by atoms with van der Waals surface area (Å²) in [5.74, 6) is 0.950. The van der Waals surface area contributed by atoms with E-state index in [2.05, 4.69) is 35.0 Å². The summed E-state index contributed by atoms with van der Waals surface area (Å²) in [5, 5.41) is 0. The molecule has 0 aliphatic heterocycles. The van der Waals surface area contributed by atoms with Gasteiger partial charge >= 0.3 is 0 Å². The first-order valence-corrected chi connectivity index (χ1v) is 6.58. The van der Waals surface area contributed by atoms with Gasteiger partial charge in [0.05, 0.1) is 0 Å². The maximum absolute atomic E-state index is 5.91. The van der Waals surface area contributed by atoms with E-state index in [9.17, 15) is 0 Å². The van der Waals surface area contributed by atoms with Crippen molar-refractivity contribution in [1.29, 1.82) is 0 Å². The van der Waals surface area contributed by atoms with E-state index in [0.29, 0.717) is 4.83 Å². The zero-order valence-corrected chi connectivity index (χ0v) is 11.2. The lowest BCUT2D eigenvalue weighted by molar-refractivity contribution is -0.0545. The van der Waals surface area contributed by atoms with E-state index in [4.69, 9.17) is 9.47 Å². The molecule has 0 saturated heterocycles. The Morgan fingerprint density at radius 3 is 2.88 bits per heavy atom. The molecule has 0 bridgehead atoms. The quantitative estimate of drug-likeness (QED) is 0.791. The van der Waals surface area contributed by atoms with Crippen LogP contribution >= 0.6 is 15.9 Å². The lowest BCUT2D eigenvalue weighted by atomic mass is 9.91. The highest BCUT2D eigenvalue weighted by Crippen LogP contribution is 2.33. The molecule has 0 heterocycles. The summed E-state index contributed by atoms with van der Waals surface area (Å²) in [6.07, 6.45) is 2.40. The smallest absolute Gasteiger partial charge is 0.127 e. The monoisotopic (exact) mass is 284 g/mol. The fourth-order valence-corrected chi connectivity index (χ4v) is 2.88. The van der Waals surface area contributed by atoms with Crippen LogP contribution in [0.5, 0.6) is 5.75 Å². The van der Waals surface area contributed by atoms with Crippen molar-refractivity contribution in [3.8, 4) is 5.75 Å². The number of rotatable bonds is 4. The van der Waals surface area contributed by atoms with E-state index in [0.717, 1.165) is 18.6 Å². The van der Waals surface area contributed by atoms with Gasteiger partial charge in [-0.25, -0.2) is 0 Å². The standard InChI is InChI=1S/C13H17BrO2/c1-3-9-5-4-6-10(7-9)16-12-8-11(14)13(12)15-2/h4-7,11-13H,3,8H2,1-2H3. The molecule has 3 atom stereocenters. The molecule has 0 spiro atoms. The largest absolute Gasteiger partial charge is 0.488 e. The number of hydrogen-bond donors (Lipinski definition) is 0. The SMILES string of the molecule is CCc1cccc(OC2CC(Br)C2OC)c1. The Morgan fingerprint density at radius 1 is 1.44 bits per heavy atom. The number of benzene rings is 1. The first kappa shape index (κ1) is 11.9. The molecule has 1 aliphatic rings. The number of aryl methyl sites for hydroxylation is 1. The van der Waals surface area contributed by atoms with Gasteiger partial charge in [0.25, 0.3) is 0 Å². The third kappa shape index (κ3) is 2.41. The van der Waals surface area contributed by atoms with Crippen LogP contribution in [0.25, 0.3) is 0 Å². The summed E-state index contributed by atoms with van der Waals surface area (Å²) in [7, 11) is 1.73. The van der Waals surface area contributed by atoms with Crippen molar-refractivity contribution >= 4 is 15.9 Å². The van der Waals surface area contributed by atoms with Gasteiger partial charge < -0.3 is 9.47 Å². The van der Waals surface area contributed by atoms with Crippen molar-refractivity contribution in [3.63, 3.8) is 0 Å². The zero-order valence-electron chi connectivity index (χ0n) is 9.65. The molecule has 0 aromatic heterocycles. The summed E-state index contributed by atoms with van der Waals surface area (Å²) < 4.78 is 11.3. The molecular weight excluding hydrogens is 268 g/mol. The second-order valence-corrected chi connectivity index (χ2v) is 5.29. The van der Waals surface area contributed by atoms with Gasteiger partial charge in [-0.05, 0) is 24.1 Å². The van der Waals surface area contributed by atoms with Crippen LogP contribution in [0.15, 0.2) is 24.3 Å². The van der Waals surface area contributed by atoms with Gasteiger partial charge in [0.2, 0.25) is 0 Å². The van der Waals surface area contributed by atoms with Gasteiger partial charge in [-0.2, -0.15) is 0 Å². The average Bonchev–Trinajstić information content (AvgIpc) is 2.29. The molecule has 0 amide bonds. The van der Waals surface area contributed by atoms with Gasteiger partial charge in [0.1, 0.15) is 18.0 Å². The topological polar surface area (TPSA) is 18.5 Å². The Balaban J connectivity index is 1.99. The van der Waals surface area contributed by atoms with Crippen LogP contribution < -0.4 is 4.74 Å². The van der Waals surface area contributed by atoms with Crippen molar-refractivity contribution in [2.24, 2.45) is 0 Å². The Bertz CT molecular complexity index is 354. The Hall–Kier alpha value is -0.540. The molecule has 0 radical (unpaired) electrons. The maximum atomic E-state index is 5.91. The second kappa shape index (κ2) is 5.19. The molecule has 88 valence electrons. The van der Waals surface area contributed by atoms with E-state index in [1.54, 1.807) is 7.11 Å². The Kier molecular flexibility index (Phi) is 3.87. The summed E-state index contributed by atoms with van der Waals surface area (Å²) >= 11 is 3.56. The molecule has 1 aliphatic carbocycles. The lowest BCUT2D eigenvalue weighted by Crippen LogP contribution is -2.51. The first-order chi connectivity index (χ1) is 7.74. The van der Waals surface area contributed by atoms with Crippen LogP contribution in [0.3, 0.4) is 0 Å². The van der Waals surface area contributed by atoms with Crippen molar-refractivity contribution < 1.29 is 9.47 Å². The van der Waals surface area contributed by atoms with Gasteiger partial charge in [-0.3, -0.25) is 0 Å². The molecule has 16 heavy (non-hydrogen) atoms. The number of halogens is 1. The molecule has 3 unspecified atom stereocenters. The molecule has 3 heteroatoms. The molecule has 1 aromatic rings. The van der Waals surface area contributed by atoms with Gasteiger partial charge in [0.15, 0.2) is 0 Å². The van der Waals surface area contributed by atoms with E-state index < -0.39 is 0 Å². The van der Waals surface area contributed by atoms with Crippen molar-refractivity contribution in [1.82, 2.24) is 0 Å². The summed E-state index contributed by atoms with van der Waals surface area (Å²) in [5.41, 5.74) is 1.31. The molecule has 1 fully saturated rings. The predicted molar refractivity (Wildman–Crippen MR) is 68.4 cm³/mol. The molecule has 1 saturated carbocycles. The number of methoxy groups -OCH3 is 1. The molecule has 2 rings (SSSR count). The van der Waals surface area contributed by atoms with Crippen LogP contribution in [0.1, 0.15) is 18.9 Å². The number of alkyl halides is 1. The fraction of sp³-hybridized carbons (Fsp3) is 0.538. The lowest BCUT2D eigenvalue weighted by Gasteiger charge is -2.40. The highest BCUT2D eigenvalue weighted by molar-refractivity contribution is 9.09. The van der Waals surface area contributed by atoms with Crippen LogP contribution in [0.2, 0.25) is 0 Å². The van der Waals surface area contributed by atoms with E-state index in [1.807, 2.05) is 12.1 Å². The number of ether oxygens (including phenoxy) is 2. The maximum Gasteiger partial charge on any atom is 0.127 e. The Labute approximate surface area is 105 Å². The third-order valence-electron chi connectivity index (χ3n) is 3.05. The molecule has 1 aromatic carbocycles. The minimum Gasteiger partial charge on any atom is -0.488 e. The van der Waals surface area contributed by atoms with Gasteiger partial charge in [-0.15, -0.1) is 0 Å². The summed E-state index contributed by atoms with van der Waals surface area (Å²) in [6, 6.07) is 8.27. The van der Waals surface area contributed by atoms with Crippen LogP contribution in [-0.4, -0.2) is 24.1 Å².